The number of anilines is 1. The van der Waals surface area contributed by atoms with Crippen LogP contribution in [0.2, 0.25) is 0 Å². The van der Waals surface area contributed by atoms with Crippen LogP contribution in [0.15, 0.2) is 33.6 Å². The summed E-state index contributed by atoms with van der Waals surface area (Å²) in [4.78, 5) is 0.289. The van der Waals surface area contributed by atoms with Crippen LogP contribution in [0.5, 0.6) is 0 Å². The molecule has 1 aromatic carbocycles. The number of benzene rings is 1. The number of hydrogen-bond acceptors (Lipinski definition) is 4. The zero-order valence-electron chi connectivity index (χ0n) is 9.88. The molecule has 0 radical (unpaired) electrons. The van der Waals surface area contributed by atoms with E-state index in [9.17, 15) is 8.42 Å². The first-order valence-electron chi connectivity index (χ1n) is 5.09. The Morgan fingerprint density at radius 1 is 1.28 bits per heavy atom. The van der Waals surface area contributed by atoms with Crippen LogP contribution in [0.4, 0.5) is 5.82 Å². The Morgan fingerprint density at radius 3 is 2.22 bits per heavy atom. The third kappa shape index (κ3) is 2.28. The molecule has 0 saturated carbocycles. The van der Waals surface area contributed by atoms with Crippen LogP contribution in [0.3, 0.4) is 0 Å². The second kappa shape index (κ2) is 4.40. The van der Waals surface area contributed by atoms with Gasteiger partial charge in [-0.1, -0.05) is 12.1 Å². The van der Waals surface area contributed by atoms with Gasteiger partial charge in [-0.05, 0) is 28.1 Å². The van der Waals surface area contributed by atoms with E-state index in [0.717, 1.165) is 11.3 Å². The van der Waals surface area contributed by atoms with Crippen molar-refractivity contribution >= 4 is 31.6 Å². The third-order valence-corrected chi connectivity index (χ3v) is 4.48. The second-order valence-electron chi connectivity index (χ2n) is 3.97. The minimum absolute atomic E-state index is 0.289. The quantitative estimate of drug-likeness (QED) is 0.911. The summed E-state index contributed by atoms with van der Waals surface area (Å²) in [6, 6.07) is 6.61. The molecule has 1 aromatic heterocycles. The lowest BCUT2D eigenvalue weighted by atomic mass is 10.1. The molecule has 2 N–H and O–H groups in total. The van der Waals surface area contributed by atoms with Gasteiger partial charge in [0.1, 0.15) is 0 Å². The number of sulfone groups is 1. The van der Waals surface area contributed by atoms with Gasteiger partial charge in [0, 0.05) is 18.9 Å². The molecule has 96 valence electrons. The van der Waals surface area contributed by atoms with E-state index in [1.54, 1.807) is 36.0 Å². The molecular weight excluding hydrogens is 318 g/mol. The van der Waals surface area contributed by atoms with Crippen molar-refractivity contribution in [1.29, 1.82) is 0 Å². The molecule has 0 aliphatic heterocycles. The van der Waals surface area contributed by atoms with E-state index in [2.05, 4.69) is 21.0 Å². The summed E-state index contributed by atoms with van der Waals surface area (Å²) in [5.74, 6) is 0.402. The van der Waals surface area contributed by atoms with Crippen LogP contribution < -0.4 is 5.73 Å². The Labute approximate surface area is 114 Å². The van der Waals surface area contributed by atoms with E-state index in [-0.39, 0.29) is 4.90 Å². The van der Waals surface area contributed by atoms with Gasteiger partial charge in [0.25, 0.3) is 0 Å². The van der Waals surface area contributed by atoms with Gasteiger partial charge in [-0.25, -0.2) is 8.42 Å². The van der Waals surface area contributed by atoms with E-state index >= 15 is 0 Å². The summed E-state index contributed by atoms with van der Waals surface area (Å²) in [6.07, 6.45) is 1.18. The number of nitrogens with zero attached hydrogens (tertiary/aromatic N) is 2. The maximum atomic E-state index is 11.4. The zero-order chi connectivity index (χ0) is 13.5. The van der Waals surface area contributed by atoms with Crippen molar-refractivity contribution < 1.29 is 8.42 Å². The van der Waals surface area contributed by atoms with Gasteiger partial charge in [0.15, 0.2) is 15.7 Å². The molecule has 0 spiro atoms. The molecule has 18 heavy (non-hydrogen) atoms. The van der Waals surface area contributed by atoms with Crippen molar-refractivity contribution in [2.45, 2.75) is 4.90 Å². The summed E-state index contributed by atoms with van der Waals surface area (Å²) in [7, 11) is -1.40. The van der Waals surface area contributed by atoms with Crippen LogP contribution in [0.25, 0.3) is 11.3 Å². The highest BCUT2D eigenvalue weighted by atomic mass is 79.9. The molecular formula is C11H12BrN3O2S. The Balaban J connectivity index is 2.53. The normalized spacial score (nSPS) is 11.7. The third-order valence-electron chi connectivity index (χ3n) is 2.57. The molecule has 0 bridgehead atoms. The lowest BCUT2D eigenvalue weighted by molar-refractivity contribution is 0.602. The van der Waals surface area contributed by atoms with Crippen LogP contribution in [-0.4, -0.2) is 24.5 Å². The Kier molecular flexibility index (Phi) is 3.20. The van der Waals surface area contributed by atoms with E-state index < -0.39 is 9.84 Å². The Morgan fingerprint density at radius 2 is 1.83 bits per heavy atom. The van der Waals surface area contributed by atoms with Crippen molar-refractivity contribution in [3.63, 3.8) is 0 Å². The minimum atomic E-state index is -3.18. The number of nitrogen functional groups attached to an aromatic ring is 1. The Hall–Kier alpha value is -1.34. The van der Waals surface area contributed by atoms with Gasteiger partial charge in [-0.2, -0.15) is 5.10 Å². The van der Waals surface area contributed by atoms with Crippen molar-refractivity contribution in [2.24, 2.45) is 7.05 Å². The highest BCUT2D eigenvalue weighted by molar-refractivity contribution is 9.10. The summed E-state index contributed by atoms with van der Waals surface area (Å²) >= 11 is 3.37. The largest absolute Gasteiger partial charge is 0.381 e. The highest BCUT2D eigenvalue weighted by Gasteiger charge is 2.14. The molecule has 0 fully saturated rings. The number of aryl methyl sites for hydroxylation is 1. The summed E-state index contributed by atoms with van der Waals surface area (Å²) in [6.45, 7) is 0. The van der Waals surface area contributed by atoms with E-state index in [0.29, 0.717) is 10.3 Å². The van der Waals surface area contributed by atoms with Gasteiger partial charge >= 0.3 is 0 Å². The van der Waals surface area contributed by atoms with E-state index in [4.69, 9.17) is 5.73 Å². The van der Waals surface area contributed by atoms with Crippen LogP contribution >= 0.6 is 15.9 Å². The first-order valence-corrected chi connectivity index (χ1v) is 7.77. The lowest BCUT2D eigenvalue weighted by Crippen LogP contribution is -1.98. The molecule has 0 aliphatic carbocycles. The average molecular weight is 330 g/mol. The fraction of sp³-hybridized carbons (Fsp3) is 0.182. The topological polar surface area (TPSA) is 78.0 Å². The molecule has 2 rings (SSSR count). The van der Waals surface area contributed by atoms with E-state index in [1.807, 2.05) is 0 Å². The van der Waals surface area contributed by atoms with Gasteiger partial charge in [0.2, 0.25) is 0 Å². The van der Waals surface area contributed by atoms with Gasteiger partial charge < -0.3 is 5.73 Å². The number of hydrogen-bond donors (Lipinski definition) is 1. The fourth-order valence-corrected chi connectivity index (χ4v) is 2.89. The molecule has 5 nitrogen and oxygen atoms in total. The SMILES string of the molecule is Cn1nc(N)c(Br)c1-c1ccc(S(C)(=O)=O)cc1. The predicted molar refractivity (Wildman–Crippen MR) is 73.9 cm³/mol. The van der Waals surface area contributed by atoms with Gasteiger partial charge in [0.05, 0.1) is 15.1 Å². The Bertz CT molecular complexity index is 690. The van der Waals surface area contributed by atoms with E-state index in [1.165, 1.54) is 6.26 Å². The second-order valence-corrected chi connectivity index (χ2v) is 6.78. The van der Waals surface area contributed by atoms with Crippen molar-refractivity contribution in [3.05, 3.63) is 28.7 Å². The van der Waals surface area contributed by atoms with Gasteiger partial charge in [-0.3, -0.25) is 4.68 Å². The monoisotopic (exact) mass is 329 g/mol. The molecule has 0 aliphatic rings. The van der Waals surface area contributed by atoms with Crippen LogP contribution in [-0.2, 0) is 16.9 Å². The van der Waals surface area contributed by atoms with Crippen molar-refractivity contribution in [2.75, 3.05) is 12.0 Å². The summed E-state index contributed by atoms with van der Waals surface area (Å²) in [5.41, 5.74) is 7.36. The summed E-state index contributed by atoms with van der Waals surface area (Å²) in [5, 5.41) is 4.09. The number of nitrogens with two attached hydrogens (primary N) is 1. The van der Waals surface area contributed by atoms with Crippen molar-refractivity contribution in [1.82, 2.24) is 9.78 Å². The highest BCUT2D eigenvalue weighted by Crippen LogP contribution is 2.32. The molecule has 1 heterocycles. The van der Waals surface area contributed by atoms with Gasteiger partial charge in [-0.15, -0.1) is 0 Å². The smallest absolute Gasteiger partial charge is 0.175 e. The number of aromatic nitrogens is 2. The van der Waals surface area contributed by atoms with Crippen LogP contribution in [0.1, 0.15) is 0 Å². The standard InChI is InChI=1S/C11H12BrN3O2S/c1-15-10(9(12)11(13)14-15)7-3-5-8(6-4-7)18(2,16)17/h3-6H,1-2H3,(H2,13,14). The number of rotatable bonds is 2. The predicted octanol–water partition coefficient (Wildman–Crippen LogP) is 1.84. The van der Waals surface area contributed by atoms with Crippen LogP contribution in [0, 0.1) is 0 Å². The number of halogens is 1. The molecule has 7 heteroatoms. The zero-order valence-corrected chi connectivity index (χ0v) is 12.3. The first kappa shape index (κ1) is 13.1. The molecule has 2 aromatic rings. The molecule has 0 unspecified atom stereocenters. The summed E-state index contributed by atoms with van der Waals surface area (Å²) < 4.78 is 25.1. The lowest BCUT2D eigenvalue weighted by Gasteiger charge is -2.04. The first-order chi connectivity index (χ1) is 8.30. The minimum Gasteiger partial charge on any atom is -0.381 e. The molecule has 0 saturated heterocycles. The molecule has 0 atom stereocenters. The van der Waals surface area contributed by atoms with Crippen molar-refractivity contribution in [3.8, 4) is 11.3 Å². The maximum absolute atomic E-state index is 11.4. The maximum Gasteiger partial charge on any atom is 0.175 e. The fourth-order valence-electron chi connectivity index (χ4n) is 1.69. The molecule has 0 amide bonds. The average Bonchev–Trinajstić information content (AvgIpc) is 2.52.